The first-order chi connectivity index (χ1) is 14.4. The molecule has 158 valence electrons. The number of hydrogen-bond acceptors (Lipinski definition) is 6. The van der Waals surface area contributed by atoms with Crippen LogP contribution in [0.4, 0.5) is 5.69 Å². The summed E-state index contributed by atoms with van der Waals surface area (Å²) >= 11 is 0. The minimum Gasteiger partial charge on any atom is -0.493 e. The van der Waals surface area contributed by atoms with E-state index in [9.17, 15) is 13.2 Å². The predicted molar refractivity (Wildman–Crippen MR) is 115 cm³/mol. The fourth-order valence-corrected chi connectivity index (χ4v) is 4.51. The molecule has 0 radical (unpaired) electrons. The van der Waals surface area contributed by atoms with Gasteiger partial charge < -0.3 is 14.2 Å². The molecule has 0 unspecified atom stereocenters. The van der Waals surface area contributed by atoms with Crippen LogP contribution in [0.1, 0.15) is 6.92 Å². The number of anilines is 1. The molecule has 0 amide bonds. The Hall–Kier alpha value is -3.26. The predicted octanol–water partition coefficient (Wildman–Crippen LogP) is 3.62. The molecule has 0 spiro atoms. The lowest BCUT2D eigenvalue weighted by Gasteiger charge is -2.24. The van der Waals surface area contributed by atoms with Crippen molar-refractivity contribution in [3.8, 4) is 11.5 Å². The molecule has 30 heavy (non-hydrogen) atoms. The summed E-state index contributed by atoms with van der Waals surface area (Å²) in [5, 5.41) is 1.70. The van der Waals surface area contributed by atoms with Gasteiger partial charge in [-0.05, 0) is 42.0 Å². The number of ether oxygens (including phenoxy) is 3. The zero-order valence-electron chi connectivity index (χ0n) is 17.0. The first-order valence-corrected chi connectivity index (χ1v) is 10.7. The van der Waals surface area contributed by atoms with Gasteiger partial charge in [0, 0.05) is 6.07 Å². The molecular formula is C22H23NO6S. The largest absolute Gasteiger partial charge is 0.493 e. The molecule has 3 aromatic carbocycles. The van der Waals surface area contributed by atoms with Gasteiger partial charge in [-0.2, -0.15) is 0 Å². The Morgan fingerprint density at radius 2 is 1.60 bits per heavy atom. The van der Waals surface area contributed by atoms with Crippen LogP contribution in [0, 0.1) is 0 Å². The lowest BCUT2D eigenvalue weighted by Crippen LogP contribution is -2.36. The molecule has 0 aliphatic carbocycles. The maximum Gasteiger partial charge on any atom is 0.326 e. The molecule has 0 aliphatic rings. The van der Waals surface area contributed by atoms with Crippen LogP contribution >= 0.6 is 0 Å². The quantitative estimate of drug-likeness (QED) is 0.509. The van der Waals surface area contributed by atoms with Gasteiger partial charge in [0.25, 0.3) is 10.0 Å². The third-order valence-corrected chi connectivity index (χ3v) is 6.31. The smallest absolute Gasteiger partial charge is 0.326 e. The molecule has 3 aromatic rings. The monoisotopic (exact) mass is 429 g/mol. The number of hydrogen-bond donors (Lipinski definition) is 0. The summed E-state index contributed by atoms with van der Waals surface area (Å²) in [5.41, 5.74) is 0.258. The Morgan fingerprint density at radius 1 is 0.900 bits per heavy atom. The average Bonchev–Trinajstić information content (AvgIpc) is 2.76. The van der Waals surface area contributed by atoms with Crippen molar-refractivity contribution in [1.29, 1.82) is 0 Å². The highest BCUT2D eigenvalue weighted by molar-refractivity contribution is 7.92. The van der Waals surface area contributed by atoms with Gasteiger partial charge in [-0.1, -0.05) is 30.3 Å². The molecular weight excluding hydrogens is 406 g/mol. The molecule has 8 heteroatoms. The SMILES string of the molecule is CCOC(=O)CN(c1ccc(OC)c(OC)c1)S(=O)(=O)c1ccc2ccccc2c1. The topological polar surface area (TPSA) is 82.1 Å². The third kappa shape index (κ3) is 4.33. The molecule has 0 aliphatic heterocycles. The molecule has 0 heterocycles. The Morgan fingerprint density at radius 3 is 2.27 bits per heavy atom. The van der Waals surface area contributed by atoms with Crippen molar-refractivity contribution < 1.29 is 27.4 Å². The van der Waals surface area contributed by atoms with Crippen LogP contribution in [0.3, 0.4) is 0 Å². The van der Waals surface area contributed by atoms with E-state index in [1.807, 2.05) is 24.3 Å². The van der Waals surface area contributed by atoms with Crippen molar-refractivity contribution in [3.63, 3.8) is 0 Å². The summed E-state index contributed by atoms with van der Waals surface area (Å²) < 4.78 is 43.6. The first-order valence-electron chi connectivity index (χ1n) is 9.30. The Kier molecular flexibility index (Phi) is 6.47. The maximum absolute atomic E-state index is 13.5. The fraction of sp³-hybridized carbons (Fsp3) is 0.227. The highest BCUT2D eigenvalue weighted by Gasteiger charge is 2.28. The van der Waals surface area contributed by atoms with Crippen LogP contribution in [0.2, 0.25) is 0 Å². The second-order valence-electron chi connectivity index (χ2n) is 6.36. The molecule has 0 bridgehead atoms. The summed E-state index contributed by atoms with van der Waals surface area (Å²) in [6.45, 7) is 1.34. The van der Waals surface area contributed by atoms with Gasteiger partial charge >= 0.3 is 5.97 Å². The van der Waals surface area contributed by atoms with E-state index in [-0.39, 0.29) is 17.2 Å². The highest BCUT2D eigenvalue weighted by atomic mass is 32.2. The summed E-state index contributed by atoms with van der Waals surface area (Å²) in [6.07, 6.45) is 0. The van der Waals surface area contributed by atoms with Crippen molar-refractivity contribution in [1.82, 2.24) is 0 Å². The van der Waals surface area contributed by atoms with Crippen LogP contribution in [0.5, 0.6) is 11.5 Å². The number of esters is 1. The fourth-order valence-electron chi connectivity index (χ4n) is 3.07. The molecule has 0 saturated carbocycles. The van der Waals surface area contributed by atoms with E-state index in [0.29, 0.717) is 11.5 Å². The number of sulfonamides is 1. The number of benzene rings is 3. The standard InChI is InChI=1S/C22H23NO6S/c1-4-29-22(24)15-23(18-10-12-20(27-2)21(14-18)28-3)30(25,26)19-11-9-16-7-5-6-8-17(16)13-19/h5-14H,4,15H2,1-3H3. The Balaban J connectivity index is 2.11. The Bertz CT molecular complexity index is 1160. The lowest BCUT2D eigenvalue weighted by atomic mass is 10.1. The van der Waals surface area contributed by atoms with E-state index in [4.69, 9.17) is 14.2 Å². The van der Waals surface area contributed by atoms with Crippen molar-refractivity contribution in [2.45, 2.75) is 11.8 Å². The molecule has 0 fully saturated rings. The number of nitrogens with zero attached hydrogens (tertiary/aromatic N) is 1. The number of methoxy groups -OCH3 is 2. The second-order valence-corrected chi connectivity index (χ2v) is 8.23. The van der Waals surface area contributed by atoms with Gasteiger partial charge in [0.1, 0.15) is 6.54 Å². The molecule has 0 N–H and O–H groups in total. The first kappa shape index (κ1) is 21.4. The summed E-state index contributed by atoms with van der Waals surface area (Å²) in [6, 6.07) is 16.9. The normalized spacial score (nSPS) is 11.2. The van der Waals surface area contributed by atoms with Crippen LogP contribution in [0.15, 0.2) is 65.6 Å². The van der Waals surface area contributed by atoms with E-state index in [2.05, 4.69) is 0 Å². The van der Waals surface area contributed by atoms with Crippen molar-refractivity contribution in [2.75, 3.05) is 31.7 Å². The van der Waals surface area contributed by atoms with E-state index in [0.717, 1.165) is 15.1 Å². The zero-order chi connectivity index (χ0) is 21.7. The molecule has 7 nitrogen and oxygen atoms in total. The van der Waals surface area contributed by atoms with E-state index in [1.54, 1.807) is 31.2 Å². The van der Waals surface area contributed by atoms with E-state index < -0.39 is 22.5 Å². The molecule has 0 atom stereocenters. The van der Waals surface area contributed by atoms with Gasteiger partial charge in [-0.25, -0.2) is 8.42 Å². The van der Waals surface area contributed by atoms with Crippen molar-refractivity contribution in [3.05, 3.63) is 60.7 Å². The number of carbonyl (C=O) groups excluding carboxylic acids is 1. The van der Waals surface area contributed by atoms with Crippen molar-refractivity contribution >= 4 is 32.5 Å². The van der Waals surface area contributed by atoms with Gasteiger partial charge in [0.15, 0.2) is 11.5 Å². The lowest BCUT2D eigenvalue weighted by molar-refractivity contribution is -0.141. The van der Waals surface area contributed by atoms with Gasteiger partial charge in [-0.3, -0.25) is 9.10 Å². The second kappa shape index (κ2) is 9.04. The van der Waals surface area contributed by atoms with Crippen LogP contribution < -0.4 is 13.8 Å². The third-order valence-electron chi connectivity index (χ3n) is 4.54. The summed E-state index contributed by atoms with van der Waals surface area (Å²) in [4.78, 5) is 12.3. The highest BCUT2D eigenvalue weighted by Crippen LogP contribution is 2.34. The van der Waals surface area contributed by atoms with Crippen LogP contribution in [-0.4, -0.2) is 41.8 Å². The average molecular weight is 429 g/mol. The molecule has 3 rings (SSSR count). The zero-order valence-corrected chi connectivity index (χ0v) is 17.8. The molecule has 0 aromatic heterocycles. The van der Waals surface area contributed by atoms with Gasteiger partial charge in [0.2, 0.25) is 0 Å². The Labute approximate surface area is 175 Å². The minimum absolute atomic E-state index is 0.0697. The van der Waals surface area contributed by atoms with E-state index in [1.165, 1.54) is 26.4 Å². The van der Waals surface area contributed by atoms with Crippen LogP contribution in [0.25, 0.3) is 10.8 Å². The van der Waals surface area contributed by atoms with Crippen LogP contribution in [-0.2, 0) is 19.6 Å². The maximum atomic E-state index is 13.5. The number of carbonyl (C=O) groups is 1. The van der Waals surface area contributed by atoms with Crippen molar-refractivity contribution in [2.24, 2.45) is 0 Å². The molecule has 0 saturated heterocycles. The summed E-state index contributed by atoms with van der Waals surface area (Å²) in [7, 11) is -1.13. The minimum atomic E-state index is -4.07. The number of fused-ring (bicyclic) bond motifs is 1. The summed E-state index contributed by atoms with van der Waals surface area (Å²) in [5.74, 6) is 0.134. The van der Waals surface area contributed by atoms with Gasteiger partial charge in [-0.15, -0.1) is 0 Å². The van der Waals surface area contributed by atoms with Gasteiger partial charge in [0.05, 0.1) is 31.4 Å². The van der Waals surface area contributed by atoms with E-state index >= 15 is 0 Å². The number of rotatable bonds is 8.